The molecule has 1 aromatic carbocycles. The predicted molar refractivity (Wildman–Crippen MR) is 58.1 cm³/mol. The fourth-order valence-electron chi connectivity index (χ4n) is 1.32. The van der Waals surface area contributed by atoms with Gasteiger partial charge in [0.05, 0.1) is 10.7 Å². The first kappa shape index (κ1) is 11.3. The van der Waals surface area contributed by atoms with Crippen molar-refractivity contribution < 1.29 is 9.18 Å². The van der Waals surface area contributed by atoms with Crippen molar-refractivity contribution in [2.45, 2.75) is 6.04 Å². The lowest BCUT2D eigenvalue weighted by molar-refractivity contribution is -0.117. The number of hydrogen-bond acceptors (Lipinski definition) is 4. The van der Waals surface area contributed by atoms with Crippen molar-refractivity contribution in [2.24, 2.45) is 0 Å². The van der Waals surface area contributed by atoms with Crippen molar-refractivity contribution >= 4 is 23.2 Å². The molecule has 16 heavy (non-hydrogen) atoms. The minimum Gasteiger partial charge on any atom is -0.322 e. The largest absolute Gasteiger partial charge is 0.322 e. The minimum atomic E-state index is -0.628. The van der Waals surface area contributed by atoms with E-state index in [1.54, 1.807) is 6.07 Å². The lowest BCUT2D eigenvalue weighted by Gasteiger charge is -2.10. The van der Waals surface area contributed by atoms with Crippen molar-refractivity contribution in [3.8, 4) is 0 Å². The van der Waals surface area contributed by atoms with Crippen LogP contribution in [0.25, 0.3) is 0 Å². The lowest BCUT2D eigenvalue weighted by atomic mass is 10.2. The van der Waals surface area contributed by atoms with Gasteiger partial charge in [-0.25, -0.2) is 15.2 Å². The van der Waals surface area contributed by atoms with Crippen LogP contribution < -0.4 is 21.7 Å². The Labute approximate surface area is 96.3 Å². The summed E-state index contributed by atoms with van der Waals surface area (Å²) in [5.74, 6) is -0.963. The van der Waals surface area contributed by atoms with Crippen molar-refractivity contribution in [3.05, 3.63) is 29.0 Å². The topological polar surface area (TPSA) is 65.2 Å². The first-order chi connectivity index (χ1) is 7.68. The van der Waals surface area contributed by atoms with Gasteiger partial charge in [-0.05, 0) is 12.1 Å². The second kappa shape index (κ2) is 4.75. The molecule has 0 spiro atoms. The van der Waals surface area contributed by atoms with Crippen molar-refractivity contribution in [2.75, 3.05) is 11.9 Å². The van der Waals surface area contributed by atoms with Gasteiger partial charge in [0.15, 0.2) is 5.82 Å². The van der Waals surface area contributed by atoms with Crippen LogP contribution in [-0.2, 0) is 4.79 Å². The smallest absolute Gasteiger partial charge is 0.244 e. The number of benzene rings is 1. The number of nitrogens with one attached hydrogen (secondary N) is 4. The second-order valence-corrected chi connectivity index (χ2v) is 3.70. The van der Waals surface area contributed by atoms with Crippen LogP contribution in [-0.4, -0.2) is 18.5 Å². The Kier molecular flexibility index (Phi) is 3.35. The average molecular weight is 245 g/mol. The zero-order chi connectivity index (χ0) is 11.5. The van der Waals surface area contributed by atoms with Gasteiger partial charge in [0.2, 0.25) is 5.91 Å². The summed E-state index contributed by atoms with van der Waals surface area (Å²) in [6, 6.07) is 4.00. The van der Waals surface area contributed by atoms with E-state index in [-0.39, 0.29) is 16.6 Å². The van der Waals surface area contributed by atoms with E-state index >= 15 is 0 Å². The third-order valence-corrected chi connectivity index (χ3v) is 2.46. The monoisotopic (exact) mass is 244 g/mol. The van der Waals surface area contributed by atoms with Crippen molar-refractivity contribution in [1.29, 1.82) is 0 Å². The molecule has 1 amide bonds. The first-order valence-electron chi connectivity index (χ1n) is 4.67. The molecule has 4 N–H and O–H groups in total. The molecule has 0 saturated carbocycles. The van der Waals surface area contributed by atoms with Gasteiger partial charge >= 0.3 is 0 Å². The quantitative estimate of drug-likeness (QED) is 0.608. The van der Waals surface area contributed by atoms with E-state index < -0.39 is 11.9 Å². The third-order valence-electron chi connectivity index (χ3n) is 2.17. The van der Waals surface area contributed by atoms with Gasteiger partial charge < -0.3 is 5.32 Å². The number of carbonyl (C=O) groups excluding carboxylic acids is 1. The summed E-state index contributed by atoms with van der Waals surface area (Å²) in [6.07, 6.45) is 0. The molecule has 0 radical (unpaired) electrons. The van der Waals surface area contributed by atoms with E-state index in [1.165, 1.54) is 12.1 Å². The average Bonchev–Trinajstić information content (AvgIpc) is 2.78. The van der Waals surface area contributed by atoms with Crippen molar-refractivity contribution in [1.82, 2.24) is 16.4 Å². The highest BCUT2D eigenvalue weighted by Gasteiger charge is 2.22. The SMILES string of the molecule is O=C(Nc1cccc(Cl)c1F)C1CNNN1. The summed E-state index contributed by atoms with van der Waals surface area (Å²) < 4.78 is 13.5. The molecule has 1 aliphatic rings. The van der Waals surface area contributed by atoms with Gasteiger partial charge in [0, 0.05) is 6.54 Å². The predicted octanol–water partition coefficient (Wildman–Crippen LogP) is 0.399. The van der Waals surface area contributed by atoms with E-state index in [1.807, 2.05) is 0 Å². The maximum atomic E-state index is 13.5. The normalized spacial score (nSPS) is 19.8. The molecule has 5 nitrogen and oxygen atoms in total. The molecule has 2 rings (SSSR count). The van der Waals surface area contributed by atoms with Crippen molar-refractivity contribution in [3.63, 3.8) is 0 Å². The van der Waals surface area contributed by atoms with Gasteiger partial charge in [-0.1, -0.05) is 17.7 Å². The molecular formula is C9H10ClFN4O. The van der Waals surface area contributed by atoms with Crippen LogP contribution in [0.3, 0.4) is 0 Å². The number of hydrogen-bond donors (Lipinski definition) is 4. The molecule has 1 saturated heterocycles. The van der Waals surface area contributed by atoms with Crippen LogP contribution in [0, 0.1) is 5.82 Å². The Morgan fingerprint density at radius 2 is 2.38 bits per heavy atom. The Bertz CT molecular complexity index is 408. The number of rotatable bonds is 2. The Morgan fingerprint density at radius 1 is 1.56 bits per heavy atom. The van der Waals surface area contributed by atoms with Gasteiger partial charge in [0.1, 0.15) is 6.04 Å². The van der Waals surface area contributed by atoms with Gasteiger partial charge in [-0.2, -0.15) is 5.53 Å². The van der Waals surface area contributed by atoms with E-state index in [0.29, 0.717) is 6.54 Å². The fourth-order valence-corrected chi connectivity index (χ4v) is 1.50. The van der Waals surface area contributed by atoms with Gasteiger partial charge in [-0.3, -0.25) is 4.79 Å². The van der Waals surface area contributed by atoms with Crippen LogP contribution in [0.1, 0.15) is 0 Å². The van der Waals surface area contributed by atoms with Crippen LogP contribution in [0.15, 0.2) is 18.2 Å². The first-order valence-corrected chi connectivity index (χ1v) is 5.04. The van der Waals surface area contributed by atoms with Gasteiger partial charge in [0.25, 0.3) is 0 Å². The number of carbonyl (C=O) groups is 1. The molecule has 0 aromatic heterocycles. The maximum absolute atomic E-state index is 13.5. The Hall–Kier alpha value is -1.21. The molecule has 7 heteroatoms. The Balaban J connectivity index is 2.08. The molecule has 1 heterocycles. The highest BCUT2D eigenvalue weighted by atomic mass is 35.5. The summed E-state index contributed by atoms with van der Waals surface area (Å²) in [7, 11) is 0. The molecule has 86 valence electrons. The molecule has 1 unspecified atom stereocenters. The molecule has 0 bridgehead atoms. The zero-order valence-corrected chi connectivity index (χ0v) is 8.94. The molecule has 1 fully saturated rings. The van der Waals surface area contributed by atoms with Crippen LogP contribution in [0.5, 0.6) is 0 Å². The van der Waals surface area contributed by atoms with Gasteiger partial charge in [-0.15, -0.1) is 0 Å². The van der Waals surface area contributed by atoms with E-state index in [2.05, 4.69) is 21.7 Å². The van der Waals surface area contributed by atoms with Crippen LogP contribution in [0.2, 0.25) is 5.02 Å². The highest BCUT2D eigenvalue weighted by molar-refractivity contribution is 6.31. The molecule has 1 aromatic rings. The van der Waals surface area contributed by atoms with E-state index in [0.717, 1.165) is 0 Å². The Morgan fingerprint density at radius 3 is 3.06 bits per heavy atom. The second-order valence-electron chi connectivity index (χ2n) is 3.29. The summed E-state index contributed by atoms with van der Waals surface area (Å²) in [6.45, 7) is 0.425. The maximum Gasteiger partial charge on any atom is 0.244 e. The summed E-state index contributed by atoms with van der Waals surface area (Å²) in [5.41, 5.74) is 8.06. The molecule has 0 aliphatic carbocycles. The van der Waals surface area contributed by atoms with Crippen LogP contribution >= 0.6 is 11.6 Å². The molecule has 1 aliphatic heterocycles. The third kappa shape index (κ3) is 2.30. The molecule has 1 atom stereocenters. The number of hydrazine groups is 2. The number of amides is 1. The molecular weight excluding hydrogens is 235 g/mol. The van der Waals surface area contributed by atoms with E-state index in [4.69, 9.17) is 11.6 Å². The number of anilines is 1. The lowest BCUT2D eigenvalue weighted by Crippen LogP contribution is -2.41. The van der Waals surface area contributed by atoms with E-state index in [9.17, 15) is 9.18 Å². The summed E-state index contributed by atoms with van der Waals surface area (Å²) in [4.78, 5) is 11.6. The highest BCUT2D eigenvalue weighted by Crippen LogP contribution is 2.21. The van der Waals surface area contributed by atoms with Crippen LogP contribution in [0.4, 0.5) is 10.1 Å². The fraction of sp³-hybridized carbons (Fsp3) is 0.222. The summed E-state index contributed by atoms with van der Waals surface area (Å²) >= 11 is 5.59. The summed E-state index contributed by atoms with van der Waals surface area (Å²) in [5, 5.41) is 2.43. The minimum absolute atomic E-state index is 0.0200. The zero-order valence-electron chi connectivity index (χ0n) is 8.18. The standard InChI is InChI=1S/C9H10ClFN4O/c10-5-2-1-3-6(8(5)11)13-9(16)7-4-12-15-14-7/h1-3,7,12,14-15H,4H2,(H,13,16). The number of halogens is 2.